The zero-order valence-electron chi connectivity index (χ0n) is 15.9. The van der Waals surface area contributed by atoms with Gasteiger partial charge in [0.2, 0.25) is 0 Å². The number of rotatable bonds is 11. The smallest absolute Gasteiger partial charge is 0.360 e. The first-order chi connectivity index (χ1) is 10.3. The van der Waals surface area contributed by atoms with E-state index in [1.807, 2.05) is 6.55 Å². The third kappa shape index (κ3) is 12.0. The van der Waals surface area contributed by atoms with Gasteiger partial charge in [-0.3, -0.25) is 0 Å². The van der Waals surface area contributed by atoms with Crippen LogP contribution in [0, 0.1) is 0 Å². The zero-order valence-corrected chi connectivity index (χ0v) is 20.1. The third-order valence-corrected chi connectivity index (χ3v) is 15.0. The molecule has 135 valence electrons. The fraction of sp³-hybridized carbons (Fsp3) is 0.786. The zero-order chi connectivity index (χ0) is 18.3. The Morgan fingerprint density at radius 2 is 1.74 bits per heavy atom. The summed E-state index contributed by atoms with van der Waals surface area (Å²) in [6.45, 7) is 20.5. The highest BCUT2D eigenvalue weighted by Gasteiger charge is 2.33. The molecule has 0 aliphatic heterocycles. The van der Waals surface area contributed by atoms with Crippen LogP contribution in [0.2, 0.25) is 51.9 Å². The van der Waals surface area contributed by atoms with Gasteiger partial charge in [-0.05, 0) is 65.2 Å². The maximum absolute atomic E-state index is 11.3. The molecule has 0 spiro atoms. The van der Waals surface area contributed by atoms with Gasteiger partial charge in [0.05, 0.1) is 6.61 Å². The highest BCUT2D eigenvalue weighted by Crippen LogP contribution is 2.18. The van der Waals surface area contributed by atoms with Gasteiger partial charge in [0.15, 0.2) is 17.4 Å². The summed E-state index contributed by atoms with van der Waals surface area (Å²) in [5.74, 6) is -0.322. The lowest BCUT2D eigenvalue weighted by molar-refractivity contribution is -0.138. The van der Waals surface area contributed by atoms with E-state index in [2.05, 4.69) is 45.9 Å². The van der Waals surface area contributed by atoms with Crippen LogP contribution >= 0.6 is 0 Å². The number of esters is 1. The molecule has 0 bridgehead atoms. The minimum Gasteiger partial charge on any atom is -0.462 e. The van der Waals surface area contributed by atoms with Crippen LogP contribution in [0.4, 0.5) is 0 Å². The lowest BCUT2D eigenvalue weighted by Crippen LogP contribution is -2.47. The first-order valence-corrected chi connectivity index (χ1v) is 18.6. The number of carbonyl (C=O) groups excluding carboxylic acids is 1. The summed E-state index contributed by atoms with van der Waals surface area (Å²) in [4.78, 5) is 11.3. The van der Waals surface area contributed by atoms with Crippen LogP contribution < -0.4 is 0 Å². The molecule has 0 aliphatic rings. The van der Waals surface area contributed by atoms with Crippen LogP contribution in [0.1, 0.15) is 13.3 Å². The third-order valence-electron chi connectivity index (χ3n) is 2.83. The second-order valence-corrected chi connectivity index (χ2v) is 19.5. The van der Waals surface area contributed by atoms with Crippen molar-refractivity contribution in [3.8, 4) is 0 Å². The molecule has 0 aromatic carbocycles. The summed E-state index contributed by atoms with van der Waals surface area (Å²) in [6.07, 6.45) is 0.809. The molecule has 0 rings (SSSR count). The van der Waals surface area contributed by atoms with E-state index in [0.717, 1.165) is 12.5 Å². The van der Waals surface area contributed by atoms with Crippen molar-refractivity contribution in [3.05, 3.63) is 12.2 Å². The molecule has 9 heteroatoms. The average molecular weight is 394 g/mol. The molecular formula is C14H33O5Si4. The number of hydrogen-bond donors (Lipinski definition) is 0. The summed E-state index contributed by atoms with van der Waals surface area (Å²) in [7, 11) is -6.30. The van der Waals surface area contributed by atoms with Crippen molar-refractivity contribution in [1.29, 1.82) is 0 Å². The van der Waals surface area contributed by atoms with E-state index >= 15 is 0 Å². The number of hydrogen-bond acceptors (Lipinski definition) is 5. The topological polar surface area (TPSA) is 54.0 Å². The molecule has 0 unspecified atom stereocenters. The van der Waals surface area contributed by atoms with Crippen molar-refractivity contribution >= 4 is 41.2 Å². The van der Waals surface area contributed by atoms with Gasteiger partial charge in [-0.1, -0.05) is 6.58 Å². The molecule has 0 saturated heterocycles. The molecule has 23 heavy (non-hydrogen) atoms. The predicted molar refractivity (Wildman–Crippen MR) is 104 cm³/mol. The molecular weight excluding hydrogens is 360 g/mol. The normalized spacial score (nSPS) is 12.8. The van der Waals surface area contributed by atoms with Crippen LogP contribution in [0.3, 0.4) is 0 Å². The SMILES string of the molecule is C=C(C)C(=O)OCCC[Si](C)(C)O[Si](C)O[Si](C)(C)O[SiH](C)C. The Labute approximate surface area is 147 Å². The predicted octanol–water partition coefficient (Wildman–Crippen LogP) is 3.55. The van der Waals surface area contributed by atoms with Crippen molar-refractivity contribution in [2.45, 2.75) is 65.2 Å². The maximum Gasteiger partial charge on any atom is 0.360 e. The average Bonchev–Trinajstić information content (AvgIpc) is 2.30. The molecule has 5 nitrogen and oxygen atoms in total. The molecule has 0 aromatic rings. The van der Waals surface area contributed by atoms with Crippen molar-refractivity contribution in [3.63, 3.8) is 0 Å². The Balaban J connectivity index is 4.19. The number of ether oxygens (including phenoxy) is 1. The molecule has 0 aromatic heterocycles. The Hall–Kier alpha value is -0.0425. The minimum absolute atomic E-state index is 0.322. The van der Waals surface area contributed by atoms with Gasteiger partial charge < -0.3 is 17.1 Å². The van der Waals surface area contributed by atoms with Gasteiger partial charge in [-0.2, -0.15) is 0 Å². The van der Waals surface area contributed by atoms with Crippen LogP contribution in [-0.2, 0) is 21.9 Å². The van der Waals surface area contributed by atoms with E-state index < -0.39 is 35.2 Å². The summed E-state index contributed by atoms with van der Waals surface area (Å²) >= 11 is 0. The molecule has 0 saturated carbocycles. The van der Waals surface area contributed by atoms with Gasteiger partial charge in [0.1, 0.15) is 0 Å². The summed E-state index contributed by atoms with van der Waals surface area (Å²) in [6, 6.07) is 0.934. The van der Waals surface area contributed by atoms with Gasteiger partial charge in [-0.25, -0.2) is 4.79 Å². The van der Waals surface area contributed by atoms with Gasteiger partial charge in [-0.15, -0.1) is 0 Å². The highest BCUT2D eigenvalue weighted by atomic mass is 28.5. The molecule has 0 heterocycles. The first-order valence-electron chi connectivity index (χ1n) is 8.07. The van der Waals surface area contributed by atoms with Crippen molar-refractivity contribution in [2.24, 2.45) is 0 Å². The molecule has 0 aliphatic carbocycles. The molecule has 0 amide bonds. The minimum atomic E-state index is -2.07. The maximum atomic E-state index is 11.3. The van der Waals surface area contributed by atoms with Crippen LogP contribution in [0.15, 0.2) is 12.2 Å². The van der Waals surface area contributed by atoms with E-state index in [4.69, 9.17) is 17.1 Å². The highest BCUT2D eigenvalue weighted by molar-refractivity contribution is 6.81. The van der Waals surface area contributed by atoms with Crippen LogP contribution in [0.5, 0.6) is 0 Å². The van der Waals surface area contributed by atoms with E-state index in [9.17, 15) is 4.79 Å². The Morgan fingerprint density at radius 1 is 1.17 bits per heavy atom. The Kier molecular flexibility index (Phi) is 10.0. The van der Waals surface area contributed by atoms with Gasteiger partial charge >= 0.3 is 23.8 Å². The fourth-order valence-electron chi connectivity index (χ4n) is 2.18. The van der Waals surface area contributed by atoms with Crippen molar-refractivity contribution < 1.29 is 21.9 Å². The van der Waals surface area contributed by atoms with Crippen LogP contribution in [0.25, 0.3) is 0 Å². The van der Waals surface area contributed by atoms with E-state index in [0.29, 0.717) is 12.2 Å². The lowest BCUT2D eigenvalue weighted by atomic mass is 10.4. The molecule has 0 N–H and O–H groups in total. The van der Waals surface area contributed by atoms with E-state index in [1.165, 1.54) is 0 Å². The summed E-state index contributed by atoms with van der Waals surface area (Å²) in [5, 5.41) is 0. The van der Waals surface area contributed by atoms with E-state index in [-0.39, 0.29) is 5.97 Å². The van der Waals surface area contributed by atoms with Crippen molar-refractivity contribution in [1.82, 2.24) is 0 Å². The lowest BCUT2D eigenvalue weighted by Gasteiger charge is -2.32. The molecule has 1 radical (unpaired) electrons. The Bertz CT molecular complexity index is 399. The second kappa shape index (κ2) is 10.1. The quantitative estimate of drug-likeness (QED) is 0.232. The molecule has 0 atom stereocenters. The Morgan fingerprint density at radius 3 is 2.22 bits per heavy atom. The second-order valence-electron chi connectivity index (χ2n) is 7.04. The summed E-state index contributed by atoms with van der Waals surface area (Å²) in [5.41, 5.74) is 0.436. The van der Waals surface area contributed by atoms with Crippen molar-refractivity contribution in [2.75, 3.05) is 6.61 Å². The monoisotopic (exact) mass is 393 g/mol. The van der Waals surface area contributed by atoms with E-state index in [1.54, 1.807) is 6.92 Å². The van der Waals surface area contributed by atoms with Crippen LogP contribution in [-0.4, -0.2) is 47.8 Å². The number of carbonyl (C=O) groups is 1. The standard InChI is InChI=1S/C14H33O5Si4/c1-13(2)14(15)16-11-10-12-22(6,7)18-21(5)19-23(8,9)17-20(3)4/h20H,1,10-12H2,2-9H3. The van der Waals surface area contributed by atoms with Gasteiger partial charge in [0.25, 0.3) is 0 Å². The molecule has 0 fully saturated rings. The fourth-order valence-corrected chi connectivity index (χ4v) is 15.2. The first kappa shape index (κ1) is 23.0. The summed E-state index contributed by atoms with van der Waals surface area (Å²) < 4.78 is 23.5. The van der Waals surface area contributed by atoms with Gasteiger partial charge in [0, 0.05) is 5.57 Å². The largest absolute Gasteiger partial charge is 0.462 e.